The molecule has 0 aliphatic rings. The number of benzene rings is 1. The minimum atomic E-state index is 0.401. The minimum absolute atomic E-state index is 0.401. The molecule has 0 spiro atoms. The number of hydrogen-bond donors (Lipinski definition) is 1. The molecular formula is C15H19NS. The highest BCUT2D eigenvalue weighted by atomic mass is 32.1. The molecule has 1 atom stereocenters. The molecule has 1 heterocycles. The number of rotatable bonds is 4. The maximum absolute atomic E-state index is 3.48. The maximum Gasteiger partial charge on any atom is 0.0348 e. The van der Waals surface area contributed by atoms with Crippen molar-refractivity contribution in [3.05, 3.63) is 46.8 Å². The van der Waals surface area contributed by atoms with E-state index in [0.29, 0.717) is 6.04 Å². The van der Waals surface area contributed by atoms with Gasteiger partial charge in [0, 0.05) is 15.8 Å². The van der Waals surface area contributed by atoms with Gasteiger partial charge in [-0.3, -0.25) is 0 Å². The van der Waals surface area contributed by atoms with Crippen LogP contribution in [0, 0.1) is 6.92 Å². The molecule has 17 heavy (non-hydrogen) atoms. The second kappa shape index (κ2) is 5.48. The van der Waals surface area contributed by atoms with Crippen LogP contribution in [0.4, 0.5) is 0 Å². The van der Waals surface area contributed by atoms with E-state index in [0.717, 1.165) is 6.54 Å². The lowest BCUT2D eigenvalue weighted by molar-refractivity contribution is 0.599. The van der Waals surface area contributed by atoms with Crippen molar-refractivity contribution in [3.8, 4) is 10.4 Å². The van der Waals surface area contributed by atoms with E-state index < -0.39 is 0 Å². The highest BCUT2D eigenvalue weighted by Crippen LogP contribution is 2.32. The van der Waals surface area contributed by atoms with Crippen LogP contribution in [0.1, 0.15) is 30.3 Å². The predicted molar refractivity (Wildman–Crippen MR) is 76.6 cm³/mol. The van der Waals surface area contributed by atoms with Gasteiger partial charge in [0.2, 0.25) is 0 Å². The largest absolute Gasteiger partial charge is 0.310 e. The Morgan fingerprint density at radius 3 is 2.59 bits per heavy atom. The molecule has 1 aromatic carbocycles. The number of thiophene rings is 1. The summed E-state index contributed by atoms with van der Waals surface area (Å²) in [5.74, 6) is 0. The summed E-state index contributed by atoms with van der Waals surface area (Å²) in [6.07, 6.45) is 0. The zero-order valence-electron chi connectivity index (χ0n) is 10.7. The van der Waals surface area contributed by atoms with Crippen molar-refractivity contribution in [1.82, 2.24) is 5.32 Å². The van der Waals surface area contributed by atoms with Crippen molar-refractivity contribution < 1.29 is 0 Å². The van der Waals surface area contributed by atoms with Gasteiger partial charge in [-0.2, -0.15) is 0 Å². The average molecular weight is 245 g/mol. The summed E-state index contributed by atoms with van der Waals surface area (Å²) in [7, 11) is 0. The molecule has 90 valence electrons. The zero-order valence-corrected chi connectivity index (χ0v) is 11.5. The topological polar surface area (TPSA) is 12.0 Å². The van der Waals surface area contributed by atoms with Crippen LogP contribution in [0.2, 0.25) is 0 Å². The Morgan fingerprint density at radius 1 is 1.18 bits per heavy atom. The highest BCUT2D eigenvalue weighted by molar-refractivity contribution is 7.15. The Morgan fingerprint density at radius 2 is 1.94 bits per heavy atom. The molecule has 1 unspecified atom stereocenters. The van der Waals surface area contributed by atoms with Crippen LogP contribution in [-0.2, 0) is 0 Å². The summed E-state index contributed by atoms with van der Waals surface area (Å²) < 4.78 is 0. The fourth-order valence-electron chi connectivity index (χ4n) is 2.09. The molecule has 0 saturated heterocycles. The van der Waals surface area contributed by atoms with E-state index in [9.17, 15) is 0 Å². The summed E-state index contributed by atoms with van der Waals surface area (Å²) in [4.78, 5) is 2.73. The Balaban J connectivity index is 2.40. The minimum Gasteiger partial charge on any atom is -0.310 e. The van der Waals surface area contributed by atoms with E-state index in [2.05, 4.69) is 62.5 Å². The molecule has 0 aliphatic carbocycles. The Hall–Kier alpha value is -1.12. The molecule has 1 N–H and O–H groups in total. The van der Waals surface area contributed by atoms with Crippen LogP contribution in [0.5, 0.6) is 0 Å². The Bertz CT molecular complexity index is 487. The van der Waals surface area contributed by atoms with Crippen LogP contribution in [-0.4, -0.2) is 6.54 Å². The van der Waals surface area contributed by atoms with Crippen LogP contribution < -0.4 is 5.32 Å². The van der Waals surface area contributed by atoms with Gasteiger partial charge in [0.25, 0.3) is 0 Å². The molecule has 0 bridgehead atoms. The number of hydrogen-bond acceptors (Lipinski definition) is 2. The number of aryl methyl sites for hydroxylation is 1. The summed E-state index contributed by atoms with van der Waals surface area (Å²) in [6, 6.07) is 13.5. The van der Waals surface area contributed by atoms with Gasteiger partial charge in [-0.1, -0.05) is 31.2 Å². The zero-order chi connectivity index (χ0) is 12.3. The van der Waals surface area contributed by atoms with Crippen LogP contribution in [0.15, 0.2) is 36.4 Å². The fourth-order valence-corrected chi connectivity index (χ4v) is 3.01. The molecule has 2 aromatic rings. The Labute approximate surface area is 108 Å². The molecule has 1 aromatic heterocycles. The third-order valence-corrected chi connectivity index (χ3v) is 3.98. The molecule has 0 saturated carbocycles. The van der Waals surface area contributed by atoms with Gasteiger partial charge in [-0.05, 0) is 43.7 Å². The monoisotopic (exact) mass is 245 g/mol. The van der Waals surface area contributed by atoms with Crippen molar-refractivity contribution in [2.45, 2.75) is 26.8 Å². The lowest BCUT2D eigenvalue weighted by atomic mass is 10.0. The number of nitrogens with one attached hydrogen (secondary N) is 1. The van der Waals surface area contributed by atoms with E-state index in [1.165, 1.54) is 20.9 Å². The average Bonchev–Trinajstić information content (AvgIpc) is 2.76. The smallest absolute Gasteiger partial charge is 0.0348 e. The van der Waals surface area contributed by atoms with Gasteiger partial charge in [0.1, 0.15) is 0 Å². The SMILES string of the molecule is CCNC(C)c1ccccc1-c1ccc(C)s1. The van der Waals surface area contributed by atoms with Crippen LogP contribution in [0.25, 0.3) is 10.4 Å². The van der Waals surface area contributed by atoms with Crippen molar-refractivity contribution >= 4 is 11.3 Å². The first-order valence-corrected chi connectivity index (χ1v) is 6.93. The molecule has 2 rings (SSSR count). The highest BCUT2D eigenvalue weighted by Gasteiger charge is 2.11. The predicted octanol–water partition coefficient (Wildman–Crippen LogP) is 4.39. The Kier molecular flexibility index (Phi) is 3.97. The van der Waals surface area contributed by atoms with Gasteiger partial charge in [0.15, 0.2) is 0 Å². The van der Waals surface area contributed by atoms with Crippen molar-refractivity contribution in [1.29, 1.82) is 0 Å². The molecular weight excluding hydrogens is 226 g/mol. The van der Waals surface area contributed by atoms with E-state index in [1.54, 1.807) is 0 Å². The molecule has 0 radical (unpaired) electrons. The van der Waals surface area contributed by atoms with Gasteiger partial charge >= 0.3 is 0 Å². The normalized spacial score (nSPS) is 12.6. The van der Waals surface area contributed by atoms with Crippen molar-refractivity contribution in [2.75, 3.05) is 6.54 Å². The van der Waals surface area contributed by atoms with Gasteiger partial charge in [-0.15, -0.1) is 11.3 Å². The van der Waals surface area contributed by atoms with Gasteiger partial charge < -0.3 is 5.32 Å². The maximum atomic E-state index is 3.48. The van der Waals surface area contributed by atoms with Gasteiger partial charge in [-0.25, -0.2) is 0 Å². The van der Waals surface area contributed by atoms with E-state index in [1.807, 2.05) is 11.3 Å². The van der Waals surface area contributed by atoms with E-state index >= 15 is 0 Å². The first-order chi connectivity index (χ1) is 8.22. The van der Waals surface area contributed by atoms with Gasteiger partial charge in [0.05, 0.1) is 0 Å². The summed E-state index contributed by atoms with van der Waals surface area (Å²) in [5, 5.41) is 3.48. The summed E-state index contributed by atoms with van der Waals surface area (Å²) in [5.41, 5.74) is 2.75. The molecule has 2 heteroatoms. The summed E-state index contributed by atoms with van der Waals surface area (Å²) >= 11 is 1.86. The first-order valence-electron chi connectivity index (χ1n) is 6.11. The van der Waals surface area contributed by atoms with Crippen molar-refractivity contribution in [3.63, 3.8) is 0 Å². The standard InChI is InChI=1S/C15H19NS/c1-4-16-12(3)13-7-5-6-8-14(13)15-10-9-11(2)17-15/h5-10,12,16H,4H2,1-3H3. The molecule has 0 aliphatic heterocycles. The quantitative estimate of drug-likeness (QED) is 0.842. The van der Waals surface area contributed by atoms with E-state index in [4.69, 9.17) is 0 Å². The van der Waals surface area contributed by atoms with E-state index in [-0.39, 0.29) is 0 Å². The molecule has 0 fully saturated rings. The summed E-state index contributed by atoms with van der Waals surface area (Å²) in [6.45, 7) is 7.53. The molecule has 1 nitrogen and oxygen atoms in total. The van der Waals surface area contributed by atoms with Crippen LogP contribution in [0.3, 0.4) is 0 Å². The second-order valence-electron chi connectivity index (χ2n) is 4.28. The third kappa shape index (κ3) is 2.76. The second-order valence-corrected chi connectivity index (χ2v) is 5.56. The third-order valence-electron chi connectivity index (χ3n) is 2.94. The van der Waals surface area contributed by atoms with Crippen molar-refractivity contribution in [2.24, 2.45) is 0 Å². The van der Waals surface area contributed by atoms with Crippen LogP contribution >= 0.6 is 11.3 Å². The lowest BCUT2D eigenvalue weighted by Crippen LogP contribution is -2.18. The fraction of sp³-hybridized carbons (Fsp3) is 0.333. The first kappa shape index (κ1) is 12.3. The lowest BCUT2D eigenvalue weighted by Gasteiger charge is -2.16. The molecule has 0 amide bonds.